The van der Waals surface area contributed by atoms with E-state index < -0.39 is 0 Å². The molecule has 0 saturated carbocycles. The van der Waals surface area contributed by atoms with Crippen LogP contribution in [0.15, 0.2) is 18.2 Å². The molecule has 1 aromatic rings. The Morgan fingerprint density at radius 3 is 2.76 bits per heavy atom. The van der Waals surface area contributed by atoms with Gasteiger partial charge < -0.3 is 19.5 Å². The van der Waals surface area contributed by atoms with Crippen LogP contribution in [0.1, 0.15) is 5.56 Å². The van der Waals surface area contributed by atoms with Crippen LogP contribution in [-0.2, 0) is 11.2 Å². The Hall–Kier alpha value is -1.26. The summed E-state index contributed by atoms with van der Waals surface area (Å²) in [7, 11) is 3.30. The first-order chi connectivity index (χ1) is 8.33. The maximum Gasteiger partial charge on any atom is 0.160 e. The number of hydrogen-bond acceptors (Lipinski definition) is 4. The topological polar surface area (TPSA) is 39.7 Å². The van der Waals surface area contributed by atoms with E-state index in [2.05, 4.69) is 11.4 Å². The van der Waals surface area contributed by atoms with E-state index in [0.29, 0.717) is 0 Å². The molecule has 1 aliphatic heterocycles. The lowest BCUT2D eigenvalue weighted by atomic mass is 10.1. The van der Waals surface area contributed by atoms with Crippen molar-refractivity contribution in [2.45, 2.75) is 12.5 Å². The lowest BCUT2D eigenvalue weighted by Crippen LogP contribution is -2.39. The lowest BCUT2D eigenvalue weighted by Gasteiger charge is -2.23. The van der Waals surface area contributed by atoms with Crippen LogP contribution in [0, 0.1) is 0 Å². The molecular weight excluding hydrogens is 218 g/mol. The molecule has 1 saturated heterocycles. The minimum atomic E-state index is 0.252. The van der Waals surface area contributed by atoms with Crippen molar-refractivity contribution in [3.63, 3.8) is 0 Å². The molecule has 1 atom stereocenters. The maximum absolute atomic E-state index is 5.68. The van der Waals surface area contributed by atoms with Crippen molar-refractivity contribution in [3.8, 4) is 11.5 Å². The number of hydrogen-bond donors (Lipinski definition) is 1. The zero-order chi connectivity index (χ0) is 12.1. The standard InChI is InChI=1S/C13H19NO3/c1-15-12-4-3-10(8-13(12)16-2)7-11-9-14-5-6-17-11/h3-4,8,11,14H,5-7,9H2,1-2H3/t11-/m0/s1. The second kappa shape index (κ2) is 5.89. The summed E-state index contributed by atoms with van der Waals surface area (Å²) in [6.07, 6.45) is 1.15. The van der Waals surface area contributed by atoms with Crippen molar-refractivity contribution in [3.05, 3.63) is 23.8 Å². The van der Waals surface area contributed by atoms with Gasteiger partial charge in [-0.05, 0) is 17.7 Å². The molecule has 0 aromatic heterocycles. The molecule has 1 fully saturated rings. The smallest absolute Gasteiger partial charge is 0.160 e. The molecule has 4 heteroatoms. The maximum atomic E-state index is 5.68. The molecule has 0 bridgehead atoms. The Bertz CT molecular complexity index is 362. The molecule has 1 aromatic carbocycles. The normalized spacial score (nSPS) is 20.0. The van der Waals surface area contributed by atoms with Crippen LogP contribution in [0.5, 0.6) is 11.5 Å². The SMILES string of the molecule is COc1ccc(C[C@H]2CNCCO2)cc1OC. The molecule has 1 heterocycles. The lowest BCUT2D eigenvalue weighted by molar-refractivity contribution is 0.0292. The molecule has 0 unspecified atom stereocenters. The van der Waals surface area contributed by atoms with Crippen LogP contribution in [0.3, 0.4) is 0 Å². The monoisotopic (exact) mass is 237 g/mol. The Balaban J connectivity index is 2.05. The summed E-state index contributed by atoms with van der Waals surface area (Å²) in [5.41, 5.74) is 1.20. The molecule has 4 nitrogen and oxygen atoms in total. The molecule has 1 aliphatic rings. The van der Waals surface area contributed by atoms with Crippen LogP contribution in [-0.4, -0.2) is 40.0 Å². The minimum Gasteiger partial charge on any atom is -0.493 e. The fraction of sp³-hybridized carbons (Fsp3) is 0.538. The van der Waals surface area contributed by atoms with E-state index in [-0.39, 0.29) is 6.10 Å². The molecule has 17 heavy (non-hydrogen) atoms. The van der Waals surface area contributed by atoms with Gasteiger partial charge in [-0.3, -0.25) is 0 Å². The van der Waals surface area contributed by atoms with E-state index >= 15 is 0 Å². The van der Waals surface area contributed by atoms with Crippen LogP contribution < -0.4 is 14.8 Å². The minimum absolute atomic E-state index is 0.252. The average molecular weight is 237 g/mol. The highest BCUT2D eigenvalue weighted by molar-refractivity contribution is 5.43. The van der Waals surface area contributed by atoms with Gasteiger partial charge in [0, 0.05) is 19.5 Å². The van der Waals surface area contributed by atoms with Crippen LogP contribution in [0.25, 0.3) is 0 Å². The number of methoxy groups -OCH3 is 2. The van der Waals surface area contributed by atoms with Gasteiger partial charge in [-0.15, -0.1) is 0 Å². The fourth-order valence-electron chi connectivity index (χ4n) is 2.02. The van der Waals surface area contributed by atoms with Gasteiger partial charge in [0.1, 0.15) is 0 Å². The third kappa shape index (κ3) is 3.11. The second-order valence-electron chi connectivity index (χ2n) is 4.09. The summed E-state index contributed by atoms with van der Waals surface area (Å²) in [5, 5.41) is 3.33. The van der Waals surface area contributed by atoms with Gasteiger partial charge in [0.25, 0.3) is 0 Å². The average Bonchev–Trinajstić information content (AvgIpc) is 2.40. The van der Waals surface area contributed by atoms with Gasteiger partial charge in [0.05, 0.1) is 26.9 Å². The summed E-state index contributed by atoms with van der Waals surface area (Å²) in [6.45, 7) is 2.65. The molecule has 0 spiro atoms. The van der Waals surface area contributed by atoms with Crippen LogP contribution in [0.2, 0.25) is 0 Å². The number of rotatable bonds is 4. The summed E-state index contributed by atoms with van der Waals surface area (Å²) < 4.78 is 16.2. The largest absolute Gasteiger partial charge is 0.493 e. The van der Waals surface area contributed by atoms with Crippen molar-refractivity contribution in [1.29, 1.82) is 0 Å². The number of morpholine rings is 1. The summed E-state index contributed by atoms with van der Waals surface area (Å²) in [6, 6.07) is 6.00. The zero-order valence-electron chi connectivity index (χ0n) is 10.4. The first kappa shape index (κ1) is 12.2. The number of nitrogens with one attached hydrogen (secondary N) is 1. The third-order valence-electron chi connectivity index (χ3n) is 2.92. The molecule has 2 rings (SSSR count). The van der Waals surface area contributed by atoms with E-state index in [0.717, 1.165) is 37.6 Å². The Kier molecular flexibility index (Phi) is 4.23. The predicted octanol–water partition coefficient (Wildman–Crippen LogP) is 1.23. The van der Waals surface area contributed by atoms with Crippen molar-refractivity contribution in [2.75, 3.05) is 33.9 Å². The predicted molar refractivity (Wildman–Crippen MR) is 65.9 cm³/mol. The summed E-state index contributed by atoms with van der Waals surface area (Å²) in [5.74, 6) is 1.53. The van der Waals surface area contributed by atoms with Crippen molar-refractivity contribution in [1.82, 2.24) is 5.32 Å². The van der Waals surface area contributed by atoms with E-state index in [1.165, 1.54) is 5.56 Å². The second-order valence-corrected chi connectivity index (χ2v) is 4.09. The first-order valence-corrected chi connectivity index (χ1v) is 5.86. The number of benzene rings is 1. The molecule has 0 aliphatic carbocycles. The highest BCUT2D eigenvalue weighted by Gasteiger charge is 2.15. The van der Waals surface area contributed by atoms with Gasteiger partial charge in [0.15, 0.2) is 11.5 Å². The number of ether oxygens (including phenoxy) is 3. The van der Waals surface area contributed by atoms with Gasteiger partial charge in [0.2, 0.25) is 0 Å². The van der Waals surface area contributed by atoms with Gasteiger partial charge in [-0.25, -0.2) is 0 Å². The van der Waals surface area contributed by atoms with Crippen LogP contribution >= 0.6 is 0 Å². The van der Waals surface area contributed by atoms with Crippen molar-refractivity contribution >= 4 is 0 Å². The molecular formula is C13H19NO3. The highest BCUT2D eigenvalue weighted by atomic mass is 16.5. The fourth-order valence-corrected chi connectivity index (χ4v) is 2.02. The summed E-state index contributed by atoms with van der Waals surface area (Å²) >= 11 is 0. The quantitative estimate of drug-likeness (QED) is 0.855. The Morgan fingerprint density at radius 1 is 1.29 bits per heavy atom. The van der Waals surface area contributed by atoms with E-state index in [9.17, 15) is 0 Å². The third-order valence-corrected chi connectivity index (χ3v) is 2.92. The molecule has 94 valence electrons. The van der Waals surface area contributed by atoms with Gasteiger partial charge >= 0.3 is 0 Å². The van der Waals surface area contributed by atoms with E-state index in [4.69, 9.17) is 14.2 Å². The van der Waals surface area contributed by atoms with E-state index in [1.807, 2.05) is 12.1 Å². The van der Waals surface area contributed by atoms with Crippen molar-refractivity contribution < 1.29 is 14.2 Å². The molecule has 0 radical (unpaired) electrons. The Labute approximate surface area is 102 Å². The van der Waals surface area contributed by atoms with Gasteiger partial charge in [-0.2, -0.15) is 0 Å². The molecule has 1 N–H and O–H groups in total. The van der Waals surface area contributed by atoms with Crippen LogP contribution in [0.4, 0.5) is 0 Å². The Morgan fingerprint density at radius 2 is 2.12 bits per heavy atom. The van der Waals surface area contributed by atoms with Gasteiger partial charge in [-0.1, -0.05) is 6.07 Å². The summed E-state index contributed by atoms with van der Waals surface area (Å²) in [4.78, 5) is 0. The zero-order valence-corrected chi connectivity index (χ0v) is 10.4. The highest BCUT2D eigenvalue weighted by Crippen LogP contribution is 2.28. The van der Waals surface area contributed by atoms with E-state index in [1.54, 1.807) is 14.2 Å². The van der Waals surface area contributed by atoms with Crippen molar-refractivity contribution in [2.24, 2.45) is 0 Å². The first-order valence-electron chi connectivity index (χ1n) is 5.86. The molecule has 0 amide bonds.